The lowest BCUT2D eigenvalue weighted by molar-refractivity contribution is -0.247. The first-order valence-electron chi connectivity index (χ1n) is 7.55. The molecule has 0 aromatic carbocycles. The van der Waals surface area contributed by atoms with Gasteiger partial charge in [-0.2, -0.15) is 39.1 Å². The molecule has 1 saturated heterocycles. The Bertz CT molecular complexity index is 724. The van der Waals surface area contributed by atoms with E-state index in [2.05, 4.69) is 0 Å². The van der Waals surface area contributed by atoms with E-state index in [0.717, 1.165) is 6.42 Å². The van der Waals surface area contributed by atoms with Crippen LogP contribution in [0.3, 0.4) is 0 Å². The number of alkyl halides is 6. The largest absolute Gasteiger partial charge is 0.439 e. The standard InChI is InChI=1S/C12H19F6NO5S2/c1-3-4-9-5-6-19(7-8(9)2)25(20,21)11(15,16)10(13,14)12(17,18)26(22,23)24/h8-9H,3-7H2,1-2H3,(H,22,23,24). The highest BCUT2D eigenvalue weighted by molar-refractivity contribution is 7.90. The van der Waals surface area contributed by atoms with Gasteiger partial charge in [-0.1, -0.05) is 26.7 Å². The van der Waals surface area contributed by atoms with Crippen LogP contribution >= 0.6 is 0 Å². The third-order valence-corrected chi connectivity index (χ3v) is 7.24. The van der Waals surface area contributed by atoms with Crippen LogP contribution in [0.25, 0.3) is 0 Å². The number of rotatable bonds is 7. The fourth-order valence-electron chi connectivity index (χ4n) is 2.83. The van der Waals surface area contributed by atoms with Crippen LogP contribution in [-0.4, -0.2) is 55.2 Å². The molecule has 26 heavy (non-hydrogen) atoms. The molecule has 0 aromatic heterocycles. The molecule has 0 amide bonds. The number of hydrogen-bond acceptors (Lipinski definition) is 4. The predicted octanol–water partition coefficient (Wildman–Crippen LogP) is 2.78. The lowest BCUT2D eigenvalue weighted by Crippen LogP contribution is -2.63. The Morgan fingerprint density at radius 2 is 1.54 bits per heavy atom. The number of piperidine rings is 1. The van der Waals surface area contributed by atoms with Crippen molar-refractivity contribution in [3.8, 4) is 0 Å². The van der Waals surface area contributed by atoms with Crippen LogP contribution < -0.4 is 0 Å². The molecule has 0 radical (unpaired) electrons. The molecule has 2 unspecified atom stereocenters. The van der Waals surface area contributed by atoms with Crippen molar-refractivity contribution >= 4 is 20.1 Å². The minimum Gasteiger partial charge on any atom is -0.281 e. The Balaban J connectivity index is 3.26. The fraction of sp³-hybridized carbons (Fsp3) is 1.00. The van der Waals surface area contributed by atoms with Gasteiger partial charge in [0.2, 0.25) is 0 Å². The third kappa shape index (κ3) is 3.56. The smallest absolute Gasteiger partial charge is 0.281 e. The molecule has 1 aliphatic heterocycles. The minimum absolute atomic E-state index is 0.0438. The van der Waals surface area contributed by atoms with Crippen molar-refractivity contribution in [3.05, 3.63) is 0 Å². The molecule has 0 aromatic rings. The second-order valence-electron chi connectivity index (χ2n) is 6.26. The first-order chi connectivity index (χ1) is 11.4. The lowest BCUT2D eigenvalue weighted by atomic mass is 9.85. The Kier molecular flexibility index (Phi) is 6.39. The minimum atomic E-state index is -7.01. The van der Waals surface area contributed by atoms with Crippen molar-refractivity contribution in [2.45, 2.75) is 49.5 Å². The molecular weight excluding hydrogens is 416 g/mol. The van der Waals surface area contributed by atoms with Crippen LogP contribution in [0.5, 0.6) is 0 Å². The Morgan fingerprint density at radius 3 is 1.92 bits per heavy atom. The molecule has 156 valence electrons. The maximum atomic E-state index is 13.9. The molecule has 1 N–H and O–H groups in total. The van der Waals surface area contributed by atoms with Crippen LogP contribution in [0.2, 0.25) is 0 Å². The normalized spacial score (nSPS) is 24.7. The van der Waals surface area contributed by atoms with Crippen molar-refractivity contribution in [1.29, 1.82) is 0 Å². The molecule has 6 nitrogen and oxygen atoms in total. The van der Waals surface area contributed by atoms with Gasteiger partial charge in [0.15, 0.2) is 0 Å². The van der Waals surface area contributed by atoms with Gasteiger partial charge in [0, 0.05) is 13.1 Å². The first kappa shape index (κ1) is 23.4. The van der Waals surface area contributed by atoms with Gasteiger partial charge in [-0.15, -0.1) is 0 Å². The van der Waals surface area contributed by atoms with Crippen molar-refractivity contribution in [2.24, 2.45) is 11.8 Å². The van der Waals surface area contributed by atoms with E-state index >= 15 is 0 Å². The van der Waals surface area contributed by atoms with Crippen molar-refractivity contribution in [2.75, 3.05) is 13.1 Å². The molecule has 0 saturated carbocycles. The van der Waals surface area contributed by atoms with Crippen LogP contribution in [0, 0.1) is 11.8 Å². The summed E-state index contributed by atoms with van der Waals surface area (Å²) in [5.41, 5.74) is 0. The van der Waals surface area contributed by atoms with Gasteiger partial charge in [-0.25, -0.2) is 8.42 Å². The van der Waals surface area contributed by atoms with Crippen LogP contribution in [-0.2, 0) is 20.1 Å². The zero-order valence-corrected chi connectivity index (χ0v) is 15.4. The summed E-state index contributed by atoms with van der Waals surface area (Å²) in [5.74, 6) is -7.44. The molecule has 0 spiro atoms. The Hall–Kier alpha value is -0.600. The molecule has 1 rings (SSSR count). The number of halogens is 6. The summed E-state index contributed by atoms with van der Waals surface area (Å²) in [5, 5.41) is -13.2. The highest BCUT2D eigenvalue weighted by atomic mass is 32.2. The number of sulfonamides is 1. The van der Waals surface area contributed by atoms with E-state index in [4.69, 9.17) is 4.55 Å². The van der Waals surface area contributed by atoms with E-state index in [-0.39, 0.29) is 16.6 Å². The maximum Gasteiger partial charge on any atom is 0.439 e. The summed E-state index contributed by atoms with van der Waals surface area (Å²) in [6.07, 6.45) is 1.42. The molecule has 1 heterocycles. The highest BCUT2D eigenvalue weighted by Gasteiger charge is 2.82. The third-order valence-electron chi connectivity index (χ3n) is 4.42. The van der Waals surface area contributed by atoms with E-state index in [1.165, 1.54) is 6.92 Å². The van der Waals surface area contributed by atoms with Crippen molar-refractivity contribution in [3.63, 3.8) is 0 Å². The maximum absolute atomic E-state index is 13.9. The summed E-state index contributed by atoms with van der Waals surface area (Å²) < 4.78 is 134. The average molecular weight is 435 g/mol. The van der Waals surface area contributed by atoms with E-state index in [1.54, 1.807) is 0 Å². The summed E-state index contributed by atoms with van der Waals surface area (Å²) in [6, 6.07) is 0. The molecule has 1 aliphatic rings. The zero-order valence-electron chi connectivity index (χ0n) is 13.8. The fourth-order valence-corrected chi connectivity index (χ4v) is 4.90. The van der Waals surface area contributed by atoms with Crippen molar-refractivity contribution < 1.29 is 47.7 Å². The molecule has 0 bridgehead atoms. The first-order valence-corrected chi connectivity index (χ1v) is 10.4. The highest BCUT2D eigenvalue weighted by Crippen LogP contribution is 2.51. The molecule has 14 heteroatoms. The van der Waals surface area contributed by atoms with Gasteiger partial charge >= 0.3 is 26.5 Å². The summed E-state index contributed by atoms with van der Waals surface area (Å²) >= 11 is 0. The van der Waals surface area contributed by atoms with Gasteiger partial charge in [-0.05, 0) is 18.3 Å². The summed E-state index contributed by atoms with van der Waals surface area (Å²) in [7, 11) is -13.3. The van der Waals surface area contributed by atoms with Gasteiger partial charge in [0.25, 0.3) is 10.0 Å². The topological polar surface area (TPSA) is 91.8 Å². The predicted molar refractivity (Wildman–Crippen MR) is 79.1 cm³/mol. The second kappa shape index (κ2) is 7.09. The van der Waals surface area contributed by atoms with Gasteiger partial charge in [0.05, 0.1) is 0 Å². The van der Waals surface area contributed by atoms with Gasteiger partial charge in [0.1, 0.15) is 0 Å². The molecular formula is C12H19F6NO5S2. The summed E-state index contributed by atoms with van der Waals surface area (Å²) in [4.78, 5) is 0. The summed E-state index contributed by atoms with van der Waals surface area (Å²) in [6.45, 7) is 2.14. The molecule has 0 aliphatic carbocycles. The zero-order chi connectivity index (χ0) is 20.8. The van der Waals surface area contributed by atoms with Crippen LogP contribution in [0.1, 0.15) is 33.1 Å². The van der Waals surface area contributed by atoms with Gasteiger partial charge < -0.3 is 0 Å². The Labute approximate surface area is 147 Å². The molecule has 1 fully saturated rings. The quantitative estimate of drug-likeness (QED) is 0.491. The van der Waals surface area contributed by atoms with E-state index in [0.29, 0.717) is 6.42 Å². The average Bonchev–Trinajstić information content (AvgIpc) is 2.47. The van der Waals surface area contributed by atoms with E-state index < -0.39 is 55.6 Å². The second-order valence-corrected chi connectivity index (χ2v) is 9.70. The molecule has 2 atom stereocenters. The van der Waals surface area contributed by atoms with E-state index in [1.807, 2.05) is 6.92 Å². The van der Waals surface area contributed by atoms with E-state index in [9.17, 15) is 43.2 Å². The lowest BCUT2D eigenvalue weighted by Gasteiger charge is -2.39. The van der Waals surface area contributed by atoms with Crippen LogP contribution in [0.4, 0.5) is 26.3 Å². The number of nitrogens with zero attached hydrogens (tertiary/aromatic N) is 1. The number of hydrogen-bond donors (Lipinski definition) is 1. The Morgan fingerprint density at radius 1 is 1.04 bits per heavy atom. The SMILES string of the molecule is CCCC1CCN(S(=O)(=O)C(F)(F)C(F)(F)C(F)(F)S(=O)(=O)O)CC1C. The van der Waals surface area contributed by atoms with Gasteiger partial charge in [-0.3, -0.25) is 4.55 Å². The van der Waals surface area contributed by atoms with Crippen molar-refractivity contribution in [1.82, 2.24) is 4.31 Å². The van der Waals surface area contributed by atoms with Crippen LogP contribution in [0.15, 0.2) is 0 Å². The monoisotopic (exact) mass is 435 g/mol.